The molecule has 2 aromatic carbocycles. The van der Waals surface area contributed by atoms with Crippen LogP contribution in [0.3, 0.4) is 0 Å². The molecule has 6 nitrogen and oxygen atoms in total. The number of allylic oxidation sites excluding steroid dienone is 1. The number of nitrogens with zero attached hydrogens (tertiary/aromatic N) is 3. The molecule has 0 radical (unpaired) electrons. The van der Waals surface area contributed by atoms with Gasteiger partial charge in [0.2, 0.25) is 11.8 Å². The maximum atomic E-state index is 9.84. The number of aromatic amines is 1. The number of aryl methyl sites for hydroxylation is 2. The SMILES string of the molecule is CCc1[nH]nc2c1[C@H](c1ccc3c(c1)c1ccccc1n3CC)C(C#N)=C(N)O2. The number of para-hydroxylation sites is 1. The molecule has 1 atom stereocenters. The molecule has 5 rings (SSSR count). The van der Waals surface area contributed by atoms with Gasteiger partial charge >= 0.3 is 0 Å². The van der Waals surface area contributed by atoms with E-state index in [0.29, 0.717) is 11.5 Å². The lowest BCUT2D eigenvalue weighted by Crippen LogP contribution is -2.21. The van der Waals surface area contributed by atoms with Crippen LogP contribution in [0.2, 0.25) is 0 Å². The van der Waals surface area contributed by atoms with Crippen LogP contribution < -0.4 is 10.5 Å². The number of fused-ring (bicyclic) bond motifs is 4. The Morgan fingerprint density at radius 3 is 2.72 bits per heavy atom. The predicted octanol–water partition coefficient (Wildman–Crippen LogP) is 4.32. The molecule has 3 heterocycles. The molecule has 144 valence electrons. The van der Waals surface area contributed by atoms with Crippen molar-refractivity contribution >= 4 is 21.8 Å². The molecule has 6 heteroatoms. The highest BCUT2D eigenvalue weighted by Crippen LogP contribution is 2.44. The summed E-state index contributed by atoms with van der Waals surface area (Å²) >= 11 is 0. The predicted molar refractivity (Wildman–Crippen MR) is 112 cm³/mol. The molecular formula is C23H21N5O. The molecule has 1 aliphatic rings. The molecule has 29 heavy (non-hydrogen) atoms. The number of ether oxygens (including phenoxy) is 1. The van der Waals surface area contributed by atoms with Crippen molar-refractivity contribution in [3.05, 3.63) is 70.7 Å². The first-order chi connectivity index (χ1) is 14.2. The number of nitriles is 1. The van der Waals surface area contributed by atoms with Crippen molar-refractivity contribution in [2.24, 2.45) is 5.73 Å². The third-order valence-corrected chi connectivity index (χ3v) is 5.82. The first-order valence-corrected chi connectivity index (χ1v) is 9.83. The number of aromatic nitrogens is 3. The molecule has 0 aliphatic carbocycles. The van der Waals surface area contributed by atoms with Crippen molar-refractivity contribution in [1.82, 2.24) is 14.8 Å². The highest BCUT2D eigenvalue weighted by Gasteiger charge is 2.35. The van der Waals surface area contributed by atoms with Crippen LogP contribution in [0, 0.1) is 11.3 Å². The second kappa shape index (κ2) is 6.42. The van der Waals surface area contributed by atoms with Crippen LogP contribution in [-0.2, 0) is 13.0 Å². The second-order valence-electron chi connectivity index (χ2n) is 7.24. The molecule has 1 aliphatic heterocycles. The Morgan fingerprint density at radius 2 is 1.97 bits per heavy atom. The van der Waals surface area contributed by atoms with Crippen LogP contribution in [0.25, 0.3) is 21.8 Å². The van der Waals surface area contributed by atoms with E-state index in [1.165, 1.54) is 21.8 Å². The standard InChI is InChI=1S/C23H21N5O/c1-3-17-21-20(16(12-24)22(25)29-23(21)27-26-17)13-9-10-19-15(11-13)14-7-5-6-8-18(14)28(19)4-2/h5-11,20H,3-4,25H2,1-2H3,(H,26,27)/t20-/m1/s1. The van der Waals surface area contributed by atoms with Crippen molar-refractivity contribution in [3.8, 4) is 11.9 Å². The van der Waals surface area contributed by atoms with E-state index in [4.69, 9.17) is 10.5 Å². The van der Waals surface area contributed by atoms with Gasteiger partial charge in [-0.05, 0) is 37.1 Å². The summed E-state index contributed by atoms with van der Waals surface area (Å²) in [6.45, 7) is 5.10. The van der Waals surface area contributed by atoms with Crippen LogP contribution in [-0.4, -0.2) is 14.8 Å². The summed E-state index contributed by atoms with van der Waals surface area (Å²) in [6.07, 6.45) is 0.762. The van der Waals surface area contributed by atoms with E-state index in [9.17, 15) is 5.26 Å². The number of nitrogens with two attached hydrogens (primary N) is 1. The summed E-state index contributed by atoms with van der Waals surface area (Å²) in [5.41, 5.74) is 11.8. The van der Waals surface area contributed by atoms with Gasteiger partial charge in [-0.3, -0.25) is 5.10 Å². The summed E-state index contributed by atoms with van der Waals surface area (Å²) in [6, 6.07) is 17.1. The van der Waals surface area contributed by atoms with Crippen LogP contribution in [0.4, 0.5) is 0 Å². The first-order valence-electron chi connectivity index (χ1n) is 9.83. The quantitative estimate of drug-likeness (QED) is 0.551. The average Bonchev–Trinajstić information content (AvgIpc) is 3.30. The third-order valence-electron chi connectivity index (χ3n) is 5.82. The molecule has 2 aromatic heterocycles. The van der Waals surface area contributed by atoms with Crippen molar-refractivity contribution in [1.29, 1.82) is 5.26 Å². The van der Waals surface area contributed by atoms with E-state index in [-0.39, 0.29) is 11.8 Å². The fourth-order valence-corrected chi connectivity index (χ4v) is 4.50. The number of benzene rings is 2. The molecule has 0 amide bonds. The number of H-pyrrole nitrogens is 1. The lowest BCUT2D eigenvalue weighted by molar-refractivity contribution is 0.378. The van der Waals surface area contributed by atoms with E-state index in [0.717, 1.165) is 29.8 Å². The van der Waals surface area contributed by atoms with Gasteiger partial charge < -0.3 is 15.0 Å². The molecule has 3 N–H and O–H groups in total. The third kappa shape index (κ3) is 2.37. The zero-order chi connectivity index (χ0) is 20.1. The van der Waals surface area contributed by atoms with E-state index in [2.05, 4.69) is 77.1 Å². The van der Waals surface area contributed by atoms with Crippen molar-refractivity contribution in [2.45, 2.75) is 32.7 Å². The summed E-state index contributed by atoms with van der Waals surface area (Å²) in [5.74, 6) is 0.278. The smallest absolute Gasteiger partial charge is 0.244 e. The Bertz CT molecular complexity index is 1330. The molecule has 0 saturated carbocycles. The molecular weight excluding hydrogens is 362 g/mol. The Morgan fingerprint density at radius 1 is 1.17 bits per heavy atom. The molecule has 0 bridgehead atoms. The van der Waals surface area contributed by atoms with Crippen LogP contribution in [0.1, 0.15) is 36.6 Å². The van der Waals surface area contributed by atoms with Crippen molar-refractivity contribution < 1.29 is 4.74 Å². The zero-order valence-corrected chi connectivity index (χ0v) is 16.4. The van der Waals surface area contributed by atoms with Crippen LogP contribution >= 0.6 is 0 Å². The monoisotopic (exact) mass is 383 g/mol. The highest BCUT2D eigenvalue weighted by atomic mass is 16.5. The van der Waals surface area contributed by atoms with E-state index >= 15 is 0 Å². The molecule has 0 unspecified atom stereocenters. The van der Waals surface area contributed by atoms with Crippen LogP contribution in [0.15, 0.2) is 53.9 Å². The number of hydrogen-bond acceptors (Lipinski definition) is 4. The zero-order valence-electron chi connectivity index (χ0n) is 16.4. The van der Waals surface area contributed by atoms with Gasteiger partial charge in [0, 0.05) is 39.6 Å². The van der Waals surface area contributed by atoms with Gasteiger partial charge in [0.15, 0.2) is 0 Å². The summed E-state index contributed by atoms with van der Waals surface area (Å²) in [7, 11) is 0. The number of rotatable bonds is 3. The topological polar surface area (TPSA) is 92.7 Å². The number of nitrogens with one attached hydrogen (secondary N) is 1. The minimum Gasteiger partial charge on any atom is -0.420 e. The Hall–Kier alpha value is -3.72. The Balaban J connectivity index is 1.80. The van der Waals surface area contributed by atoms with Gasteiger partial charge in [-0.15, -0.1) is 5.10 Å². The van der Waals surface area contributed by atoms with Crippen molar-refractivity contribution in [3.63, 3.8) is 0 Å². The van der Waals surface area contributed by atoms with E-state index in [1.807, 2.05) is 0 Å². The minimum absolute atomic E-state index is 0.121. The van der Waals surface area contributed by atoms with Gasteiger partial charge in [-0.2, -0.15) is 5.26 Å². The van der Waals surface area contributed by atoms with Gasteiger partial charge in [0.25, 0.3) is 0 Å². The van der Waals surface area contributed by atoms with Gasteiger partial charge in [0.05, 0.1) is 5.92 Å². The van der Waals surface area contributed by atoms with Crippen molar-refractivity contribution in [2.75, 3.05) is 0 Å². The normalized spacial score (nSPS) is 16.1. The number of hydrogen-bond donors (Lipinski definition) is 2. The maximum Gasteiger partial charge on any atom is 0.244 e. The summed E-state index contributed by atoms with van der Waals surface area (Å²) < 4.78 is 7.95. The lowest BCUT2D eigenvalue weighted by Gasteiger charge is -2.24. The van der Waals surface area contributed by atoms with Gasteiger partial charge in [0.1, 0.15) is 11.6 Å². The molecule has 4 aromatic rings. The average molecular weight is 383 g/mol. The summed E-state index contributed by atoms with van der Waals surface area (Å²) in [4.78, 5) is 0. The van der Waals surface area contributed by atoms with Gasteiger partial charge in [-0.25, -0.2) is 0 Å². The molecule has 0 spiro atoms. The summed E-state index contributed by atoms with van der Waals surface area (Å²) in [5, 5.41) is 19.5. The van der Waals surface area contributed by atoms with Gasteiger partial charge in [-0.1, -0.05) is 31.2 Å². The lowest BCUT2D eigenvalue weighted by atomic mass is 9.83. The second-order valence-corrected chi connectivity index (χ2v) is 7.24. The largest absolute Gasteiger partial charge is 0.420 e. The van der Waals surface area contributed by atoms with E-state index in [1.54, 1.807) is 0 Å². The fourth-order valence-electron chi connectivity index (χ4n) is 4.50. The Labute approximate surface area is 168 Å². The highest BCUT2D eigenvalue weighted by molar-refractivity contribution is 6.08. The van der Waals surface area contributed by atoms with E-state index < -0.39 is 0 Å². The molecule has 0 saturated heterocycles. The molecule has 0 fully saturated rings. The Kier molecular flexibility index (Phi) is 3.85. The van der Waals surface area contributed by atoms with Crippen LogP contribution in [0.5, 0.6) is 5.88 Å². The maximum absolute atomic E-state index is 9.84. The minimum atomic E-state index is -0.300. The fraction of sp³-hybridized carbons (Fsp3) is 0.217. The first kappa shape index (κ1) is 17.4.